The molecule has 1 aliphatic rings. The highest BCUT2D eigenvalue weighted by Gasteiger charge is 2.24. The van der Waals surface area contributed by atoms with Gasteiger partial charge in [-0.1, -0.05) is 12.1 Å². The summed E-state index contributed by atoms with van der Waals surface area (Å²) in [6.45, 7) is 3.85. The third-order valence-corrected chi connectivity index (χ3v) is 2.69. The van der Waals surface area contributed by atoms with Crippen LogP contribution in [-0.4, -0.2) is 24.5 Å². The van der Waals surface area contributed by atoms with Crippen LogP contribution in [-0.2, 0) is 6.54 Å². The van der Waals surface area contributed by atoms with Gasteiger partial charge in [-0.2, -0.15) is 0 Å². The van der Waals surface area contributed by atoms with Crippen molar-refractivity contribution in [3.8, 4) is 0 Å². The van der Waals surface area contributed by atoms with E-state index in [1.54, 1.807) is 0 Å². The predicted octanol–water partition coefficient (Wildman–Crippen LogP) is 1.22. The maximum absolute atomic E-state index is 12.6. The van der Waals surface area contributed by atoms with Gasteiger partial charge in [-0.3, -0.25) is 4.90 Å². The van der Waals surface area contributed by atoms with E-state index in [1.165, 1.54) is 17.7 Å². The van der Waals surface area contributed by atoms with Crippen molar-refractivity contribution in [1.82, 2.24) is 4.90 Å². The maximum Gasteiger partial charge on any atom is 0.123 e. The van der Waals surface area contributed by atoms with Crippen molar-refractivity contribution in [2.45, 2.75) is 6.54 Å². The third kappa shape index (κ3) is 2.11. The van der Waals surface area contributed by atoms with Crippen molar-refractivity contribution in [2.75, 3.05) is 19.6 Å². The summed E-state index contributed by atoms with van der Waals surface area (Å²) in [6, 6.07) is 6.70. The highest BCUT2D eigenvalue weighted by molar-refractivity contribution is 5.16. The van der Waals surface area contributed by atoms with Crippen molar-refractivity contribution in [1.29, 1.82) is 0 Å². The number of likely N-dealkylation sites (tertiary alicyclic amines) is 1. The van der Waals surface area contributed by atoms with E-state index in [1.807, 2.05) is 12.1 Å². The van der Waals surface area contributed by atoms with Crippen LogP contribution in [0.4, 0.5) is 4.39 Å². The molecule has 0 bridgehead atoms. The molecule has 1 fully saturated rings. The molecule has 1 aromatic rings. The fraction of sp³-hybridized carbons (Fsp3) is 0.455. The van der Waals surface area contributed by atoms with Gasteiger partial charge in [0.05, 0.1) is 0 Å². The first kappa shape index (κ1) is 9.62. The molecule has 1 aromatic carbocycles. The fourth-order valence-corrected chi connectivity index (χ4v) is 1.80. The summed E-state index contributed by atoms with van der Waals surface area (Å²) in [7, 11) is 0. The molecule has 3 heteroatoms. The second kappa shape index (κ2) is 4.07. The van der Waals surface area contributed by atoms with Crippen molar-refractivity contribution in [3.63, 3.8) is 0 Å². The molecular weight excluding hydrogens is 179 g/mol. The lowest BCUT2D eigenvalue weighted by atomic mass is 10.00. The van der Waals surface area contributed by atoms with Crippen molar-refractivity contribution >= 4 is 0 Å². The minimum absolute atomic E-state index is 0.169. The summed E-state index contributed by atoms with van der Waals surface area (Å²) in [4.78, 5) is 2.32. The van der Waals surface area contributed by atoms with E-state index in [-0.39, 0.29) is 5.82 Å². The normalized spacial score (nSPS) is 18.1. The molecular formula is C11H15FN2. The topological polar surface area (TPSA) is 29.3 Å². The number of hydrogen-bond donors (Lipinski definition) is 1. The minimum atomic E-state index is -0.169. The van der Waals surface area contributed by atoms with Crippen LogP contribution in [0.5, 0.6) is 0 Å². The Bertz CT molecular complexity index is 291. The van der Waals surface area contributed by atoms with Crippen LogP contribution in [0, 0.1) is 11.7 Å². The van der Waals surface area contributed by atoms with E-state index in [4.69, 9.17) is 5.73 Å². The molecule has 0 atom stereocenters. The second-order valence-electron chi connectivity index (χ2n) is 3.92. The Labute approximate surface area is 83.5 Å². The summed E-state index contributed by atoms with van der Waals surface area (Å²) < 4.78 is 12.6. The molecule has 0 aromatic heterocycles. The summed E-state index contributed by atoms with van der Waals surface area (Å²) in [6.07, 6.45) is 0. The van der Waals surface area contributed by atoms with Crippen molar-refractivity contribution in [3.05, 3.63) is 35.6 Å². The maximum atomic E-state index is 12.6. The van der Waals surface area contributed by atoms with Crippen LogP contribution < -0.4 is 5.73 Å². The molecule has 0 spiro atoms. The summed E-state index contributed by atoms with van der Waals surface area (Å²) in [5.41, 5.74) is 6.70. The average molecular weight is 194 g/mol. The standard InChI is InChI=1S/C11H15FN2/c12-11-3-1-9(2-4-11)6-14-7-10(5-13)8-14/h1-4,10H,5-8,13H2. The van der Waals surface area contributed by atoms with E-state index < -0.39 is 0 Å². The van der Waals surface area contributed by atoms with Gasteiger partial charge in [-0.25, -0.2) is 4.39 Å². The van der Waals surface area contributed by atoms with Gasteiger partial charge in [0, 0.05) is 19.6 Å². The number of benzene rings is 1. The van der Waals surface area contributed by atoms with E-state index in [2.05, 4.69) is 4.90 Å². The van der Waals surface area contributed by atoms with Crippen molar-refractivity contribution in [2.24, 2.45) is 11.7 Å². The Morgan fingerprint density at radius 2 is 1.93 bits per heavy atom. The van der Waals surface area contributed by atoms with E-state index >= 15 is 0 Å². The van der Waals surface area contributed by atoms with Gasteiger partial charge in [0.15, 0.2) is 0 Å². The van der Waals surface area contributed by atoms with Crippen LogP contribution in [0.2, 0.25) is 0 Å². The zero-order valence-corrected chi connectivity index (χ0v) is 8.12. The van der Waals surface area contributed by atoms with E-state index in [9.17, 15) is 4.39 Å². The molecule has 2 N–H and O–H groups in total. The highest BCUT2D eigenvalue weighted by Crippen LogP contribution is 2.17. The average Bonchev–Trinajstić information content (AvgIpc) is 2.13. The largest absolute Gasteiger partial charge is 0.330 e. The number of rotatable bonds is 3. The van der Waals surface area contributed by atoms with Crippen LogP contribution in [0.1, 0.15) is 5.56 Å². The van der Waals surface area contributed by atoms with Gasteiger partial charge in [0.1, 0.15) is 5.82 Å². The predicted molar refractivity (Wildman–Crippen MR) is 54.2 cm³/mol. The lowest BCUT2D eigenvalue weighted by Gasteiger charge is -2.38. The molecule has 0 saturated carbocycles. The molecule has 2 nitrogen and oxygen atoms in total. The number of nitrogens with zero attached hydrogens (tertiary/aromatic N) is 1. The van der Waals surface area contributed by atoms with Crippen LogP contribution >= 0.6 is 0 Å². The first-order valence-corrected chi connectivity index (χ1v) is 4.95. The monoisotopic (exact) mass is 194 g/mol. The van der Waals surface area contributed by atoms with Gasteiger partial charge < -0.3 is 5.73 Å². The Balaban J connectivity index is 1.84. The zero-order valence-electron chi connectivity index (χ0n) is 8.12. The molecule has 0 amide bonds. The Morgan fingerprint density at radius 1 is 1.29 bits per heavy atom. The molecule has 76 valence electrons. The summed E-state index contributed by atoms with van der Waals surface area (Å²) in [5.74, 6) is 0.493. The third-order valence-electron chi connectivity index (χ3n) is 2.69. The minimum Gasteiger partial charge on any atom is -0.330 e. The lowest BCUT2D eigenvalue weighted by Crippen LogP contribution is -2.49. The number of hydrogen-bond acceptors (Lipinski definition) is 2. The molecule has 1 heterocycles. The molecule has 0 unspecified atom stereocenters. The lowest BCUT2D eigenvalue weighted by molar-refractivity contribution is 0.0979. The Hall–Kier alpha value is -0.930. The van der Waals surface area contributed by atoms with E-state index in [0.29, 0.717) is 5.92 Å². The molecule has 0 radical (unpaired) electrons. The van der Waals surface area contributed by atoms with Gasteiger partial charge in [0.2, 0.25) is 0 Å². The molecule has 2 rings (SSSR count). The first-order valence-electron chi connectivity index (χ1n) is 4.95. The second-order valence-corrected chi connectivity index (χ2v) is 3.92. The van der Waals surface area contributed by atoms with Crippen molar-refractivity contribution < 1.29 is 4.39 Å². The molecule has 1 saturated heterocycles. The smallest absolute Gasteiger partial charge is 0.123 e. The molecule has 14 heavy (non-hydrogen) atoms. The number of halogens is 1. The fourth-order valence-electron chi connectivity index (χ4n) is 1.80. The Morgan fingerprint density at radius 3 is 2.50 bits per heavy atom. The molecule has 0 aliphatic carbocycles. The molecule has 1 aliphatic heterocycles. The van der Waals surface area contributed by atoms with Crippen LogP contribution in [0.3, 0.4) is 0 Å². The zero-order chi connectivity index (χ0) is 9.97. The van der Waals surface area contributed by atoms with Gasteiger partial charge in [0.25, 0.3) is 0 Å². The summed E-state index contributed by atoms with van der Waals surface area (Å²) in [5, 5.41) is 0. The quantitative estimate of drug-likeness (QED) is 0.783. The highest BCUT2D eigenvalue weighted by atomic mass is 19.1. The number of nitrogens with two attached hydrogens (primary N) is 1. The first-order chi connectivity index (χ1) is 6.78. The SMILES string of the molecule is NCC1CN(Cc2ccc(F)cc2)C1. The van der Waals surface area contributed by atoms with Crippen LogP contribution in [0.25, 0.3) is 0 Å². The van der Waals surface area contributed by atoms with E-state index in [0.717, 1.165) is 26.2 Å². The van der Waals surface area contributed by atoms with Gasteiger partial charge in [-0.05, 0) is 30.2 Å². The Kier molecular flexibility index (Phi) is 2.79. The summed E-state index contributed by atoms with van der Waals surface area (Å²) >= 11 is 0. The van der Waals surface area contributed by atoms with Gasteiger partial charge in [-0.15, -0.1) is 0 Å². The van der Waals surface area contributed by atoms with Crippen LogP contribution in [0.15, 0.2) is 24.3 Å². The van der Waals surface area contributed by atoms with Gasteiger partial charge >= 0.3 is 0 Å².